The summed E-state index contributed by atoms with van der Waals surface area (Å²) in [5.74, 6) is 0.673. The molecule has 108 valence electrons. The number of carbonyl (C=O) groups is 1. The van der Waals surface area contributed by atoms with Crippen LogP contribution in [0, 0.1) is 11.3 Å². The number of hydrogen-bond acceptors (Lipinski definition) is 3. The van der Waals surface area contributed by atoms with Gasteiger partial charge in [-0.2, -0.15) is 0 Å². The molecule has 4 nitrogen and oxygen atoms in total. The Morgan fingerprint density at radius 2 is 2.06 bits per heavy atom. The third-order valence-corrected chi connectivity index (χ3v) is 3.27. The Morgan fingerprint density at radius 1 is 1.39 bits per heavy atom. The molecule has 0 saturated carbocycles. The number of ether oxygens (including phenoxy) is 1. The molecule has 0 rings (SSSR count). The minimum Gasteiger partial charge on any atom is -0.385 e. The van der Waals surface area contributed by atoms with Crippen molar-refractivity contribution in [1.29, 1.82) is 0 Å². The molecular weight excluding hydrogens is 228 g/mol. The Labute approximate surface area is 112 Å². The molecule has 0 aliphatic carbocycles. The molecule has 0 bridgehead atoms. The predicted molar refractivity (Wildman–Crippen MR) is 75.4 cm³/mol. The highest BCUT2D eigenvalue weighted by Crippen LogP contribution is 2.18. The normalized spacial score (nSPS) is 13.4. The predicted octanol–water partition coefficient (Wildman–Crippen LogP) is 1.93. The lowest BCUT2D eigenvalue weighted by Crippen LogP contribution is -2.34. The third-order valence-electron chi connectivity index (χ3n) is 3.27. The third kappa shape index (κ3) is 9.42. The van der Waals surface area contributed by atoms with Crippen LogP contribution >= 0.6 is 0 Å². The fourth-order valence-corrected chi connectivity index (χ4v) is 1.70. The number of methoxy groups -OCH3 is 1. The molecular formula is C14H30N2O2. The zero-order valence-electron chi connectivity index (χ0n) is 12.4. The van der Waals surface area contributed by atoms with Crippen LogP contribution in [0.4, 0.5) is 0 Å². The van der Waals surface area contributed by atoms with Crippen molar-refractivity contribution in [3.05, 3.63) is 0 Å². The molecule has 3 N–H and O–H groups in total. The number of nitrogens with two attached hydrogens (primary N) is 1. The lowest BCUT2D eigenvalue weighted by atomic mass is 9.89. The van der Waals surface area contributed by atoms with Crippen LogP contribution in [-0.4, -0.2) is 32.7 Å². The van der Waals surface area contributed by atoms with Crippen LogP contribution in [0.15, 0.2) is 0 Å². The molecule has 0 radical (unpaired) electrons. The summed E-state index contributed by atoms with van der Waals surface area (Å²) in [6.07, 6.45) is 3.46. The van der Waals surface area contributed by atoms with E-state index in [2.05, 4.69) is 26.1 Å². The maximum Gasteiger partial charge on any atom is 0.220 e. The maximum atomic E-state index is 11.7. The largest absolute Gasteiger partial charge is 0.385 e. The van der Waals surface area contributed by atoms with E-state index in [1.807, 2.05) is 0 Å². The van der Waals surface area contributed by atoms with Gasteiger partial charge in [0.15, 0.2) is 0 Å². The Bertz CT molecular complexity index is 230. The van der Waals surface area contributed by atoms with Crippen LogP contribution in [0.2, 0.25) is 0 Å². The molecule has 0 fully saturated rings. The van der Waals surface area contributed by atoms with E-state index in [4.69, 9.17) is 10.5 Å². The van der Waals surface area contributed by atoms with Crippen molar-refractivity contribution in [1.82, 2.24) is 5.32 Å². The SMILES string of the molecule is COCCC(C)(C)CNC(=O)CCC(C)CCN. The molecule has 0 aromatic rings. The maximum absolute atomic E-state index is 11.7. The van der Waals surface area contributed by atoms with E-state index in [0.29, 0.717) is 25.4 Å². The zero-order chi connectivity index (χ0) is 14.0. The van der Waals surface area contributed by atoms with Crippen molar-refractivity contribution in [2.24, 2.45) is 17.1 Å². The van der Waals surface area contributed by atoms with Gasteiger partial charge in [-0.1, -0.05) is 20.8 Å². The van der Waals surface area contributed by atoms with E-state index in [9.17, 15) is 4.79 Å². The van der Waals surface area contributed by atoms with E-state index in [-0.39, 0.29) is 11.3 Å². The van der Waals surface area contributed by atoms with Crippen LogP contribution in [0.5, 0.6) is 0 Å². The van der Waals surface area contributed by atoms with E-state index in [1.54, 1.807) is 7.11 Å². The second kappa shape index (κ2) is 9.34. The summed E-state index contributed by atoms with van der Waals surface area (Å²) in [6.45, 7) is 8.57. The van der Waals surface area contributed by atoms with Crippen LogP contribution in [0.25, 0.3) is 0 Å². The standard InChI is InChI=1S/C14H30N2O2/c1-12(7-9-15)5-6-13(17)16-11-14(2,3)8-10-18-4/h12H,5-11,15H2,1-4H3,(H,16,17). The first-order valence-electron chi connectivity index (χ1n) is 6.87. The molecule has 4 heteroatoms. The van der Waals surface area contributed by atoms with Crippen molar-refractivity contribution in [3.63, 3.8) is 0 Å². The molecule has 0 aliphatic rings. The first kappa shape index (κ1) is 17.4. The van der Waals surface area contributed by atoms with Gasteiger partial charge < -0.3 is 15.8 Å². The lowest BCUT2D eigenvalue weighted by Gasteiger charge is -2.24. The zero-order valence-corrected chi connectivity index (χ0v) is 12.4. The van der Waals surface area contributed by atoms with E-state index in [0.717, 1.165) is 25.9 Å². The van der Waals surface area contributed by atoms with Gasteiger partial charge in [0.05, 0.1) is 0 Å². The van der Waals surface area contributed by atoms with E-state index < -0.39 is 0 Å². The van der Waals surface area contributed by atoms with Crippen molar-refractivity contribution in [2.45, 2.75) is 46.5 Å². The monoisotopic (exact) mass is 258 g/mol. The molecule has 1 unspecified atom stereocenters. The second-order valence-electron chi connectivity index (χ2n) is 5.90. The molecule has 0 aliphatic heterocycles. The topological polar surface area (TPSA) is 64.3 Å². The van der Waals surface area contributed by atoms with Gasteiger partial charge in [0.2, 0.25) is 5.91 Å². The number of amides is 1. The summed E-state index contributed by atoms with van der Waals surface area (Å²) >= 11 is 0. The average molecular weight is 258 g/mol. The Kier molecular flexibility index (Phi) is 9.02. The molecule has 0 heterocycles. The van der Waals surface area contributed by atoms with Gasteiger partial charge in [-0.25, -0.2) is 0 Å². The van der Waals surface area contributed by atoms with Gasteiger partial charge in [0.25, 0.3) is 0 Å². The number of carbonyl (C=O) groups excluding carboxylic acids is 1. The molecule has 0 aromatic carbocycles. The van der Waals surface area contributed by atoms with E-state index in [1.165, 1.54) is 0 Å². The Morgan fingerprint density at radius 3 is 2.61 bits per heavy atom. The molecule has 0 aromatic heterocycles. The van der Waals surface area contributed by atoms with Crippen LogP contribution < -0.4 is 11.1 Å². The summed E-state index contributed by atoms with van der Waals surface area (Å²) < 4.78 is 5.07. The second-order valence-corrected chi connectivity index (χ2v) is 5.90. The van der Waals surface area contributed by atoms with Crippen molar-refractivity contribution in [3.8, 4) is 0 Å². The first-order valence-corrected chi connectivity index (χ1v) is 6.87. The van der Waals surface area contributed by atoms with Crippen LogP contribution in [-0.2, 0) is 9.53 Å². The summed E-state index contributed by atoms with van der Waals surface area (Å²) in [5, 5.41) is 3.00. The highest BCUT2D eigenvalue weighted by atomic mass is 16.5. The summed E-state index contributed by atoms with van der Waals surface area (Å²) in [6, 6.07) is 0. The number of hydrogen-bond donors (Lipinski definition) is 2. The molecule has 1 amide bonds. The van der Waals surface area contributed by atoms with E-state index >= 15 is 0 Å². The van der Waals surface area contributed by atoms with Crippen LogP contribution in [0.1, 0.15) is 46.5 Å². The Hall–Kier alpha value is -0.610. The smallest absolute Gasteiger partial charge is 0.220 e. The van der Waals surface area contributed by atoms with Gasteiger partial charge in [-0.3, -0.25) is 4.79 Å². The fraction of sp³-hybridized carbons (Fsp3) is 0.929. The summed E-state index contributed by atoms with van der Waals surface area (Å²) in [7, 11) is 1.70. The molecule has 0 saturated heterocycles. The quantitative estimate of drug-likeness (QED) is 0.629. The average Bonchev–Trinajstić information content (AvgIpc) is 2.32. The van der Waals surface area contributed by atoms with Crippen molar-refractivity contribution < 1.29 is 9.53 Å². The van der Waals surface area contributed by atoms with Gasteiger partial charge in [-0.05, 0) is 37.1 Å². The van der Waals surface area contributed by atoms with Gasteiger partial charge >= 0.3 is 0 Å². The minimum absolute atomic E-state index is 0.0918. The van der Waals surface area contributed by atoms with Gasteiger partial charge in [0, 0.05) is 26.7 Å². The van der Waals surface area contributed by atoms with Crippen molar-refractivity contribution >= 4 is 5.91 Å². The van der Waals surface area contributed by atoms with Gasteiger partial charge in [0.1, 0.15) is 0 Å². The van der Waals surface area contributed by atoms with Gasteiger partial charge in [-0.15, -0.1) is 0 Å². The number of rotatable bonds is 10. The molecule has 0 spiro atoms. The highest BCUT2D eigenvalue weighted by Gasteiger charge is 2.18. The van der Waals surface area contributed by atoms with Crippen LogP contribution in [0.3, 0.4) is 0 Å². The summed E-state index contributed by atoms with van der Waals surface area (Å²) in [4.78, 5) is 11.7. The Balaban J connectivity index is 3.75. The lowest BCUT2D eigenvalue weighted by molar-refractivity contribution is -0.121. The molecule has 1 atom stereocenters. The minimum atomic E-state index is 0.0918. The number of nitrogens with one attached hydrogen (secondary N) is 1. The highest BCUT2D eigenvalue weighted by molar-refractivity contribution is 5.75. The fourth-order valence-electron chi connectivity index (χ4n) is 1.70. The summed E-state index contributed by atoms with van der Waals surface area (Å²) in [5.41, 5.74) is 5.58. The van der Waals surface area contributed by atoms with Crippen molar-refractivity contribution in [2.75, 3.05) is 26.8 Å². The first-order chi connectivity index (χ1) is 8.41. The molecule has 18 heavy (non-hydrogen) atoms.